The lowest BCUT2D eigenvalue weighted by atomic mass is 9.86. The van der Waals surface area contributed by atoms with E-state index in [4.69, 9.17) is 15.5 Å². The zero-order chi connectivity index (χ0) is 20.4. The van der Waals surface area contributed by atoms with Crippen molar-refractivity contribution in [3.05, 3.63) is 77.0 Å². The minimum atomic E-state index is -0.993. The first-order valence-electron chi connectivity index (χ1n) is 9.72. The number of allylic oxidation sites excluding steroid dienone is 1. The maximum absolute atomic E-state index is 13.0. The van der Waals surface area contributed by atoms with Crippen molar-refractivity contribution in [2.24, 2.45) is 5.73 Å². The van der Waals surface area contributed by atoms with E-state index < -0.39 is 18.0 Å². The fourth-order valence-corrected chi connectivity index (χ4v) is 3.74. The van der Waals surface area contributed by atoms with Crippen LogP contribution in [0.15, 0.2) is 54.6 Å². The second-order valence-corrected chi connectivity index (χ2v) is 7.21. The van der Waals surface area contributed by atoms with Crippen LogP contribution in [0.2, 0.25) is 0 Å². The van der Waals surface area contributed by atoms with Crippen LogP contribution in [0.4, 0.5) is 0 Å². The fraction of sp³-hybridized carbons (Fsp3) is 0.208. The van der Waals surface area contributed by atoms with E-state index in [1.54, 1.807) is 0 Å². The lowest BCUT2D eigenvalue weighted by Gasteiger charge is -2.23. The van der Waals surface area contributed by atoms with Crippen LogP contribution in [-0.4, -0.2) is 23.0 Å². The predicted octanol–water partition coefficient (Wildman–Crippen LogP) is 4.14. The van der Waals surface area contributed by atoms with E-state index in [9.17, 15) is 9.59 Å². The van der Waals surface area contributed by atoms with Crippen LogP contribution in [0.1, 0.15) is 46.9 Å². The van der Waals surface area contributed by atoms with Gasteiger partial charge in [0.15, 0.2) is 6.10 Å². The van der Waals surface area contributed by atoms with Gasteiger partial charge >= 0.3 is 5.97 Å². The largest absolute Gasteiger partial charge is 0.449 e. The van der Waals surface area contributed by atoms with E-state index >= 15 is 0 Å². The first-order chi connectivity index (χ1) is 14.0. The molecule has 1 aromatic heterocycles. The van der Waals surface area contributed by atoms with Crippen molar-refractivity contribution in [2.45, 2.75) is 32.3 Å². The SMILES string of the molecule is C[C@H](OC(=O)c1c2c(nc3ccccc13)/C(=C\c1ccccc1)CCC2)C(N)=O. The number of para-hydroxylation sites is 1. The fourth-order valence-electron chi connectivity index (χ4n) is 3.74. The molecule has 29 heavy (non-hydrogen) atoms. The summed E-state index contributed by atoms with van der Waals surface area (Å²) in [5, 5.41) is 0.730. The van der Waals surface area contributed by atoms with Gasteiger partial charge in [0.25, 0.3) is 5.91 Å². The van der Waals surface area contributed by atoms with Crippen molar-refractivity contribution < 1.29 is 14.3 Å². The van der Waals surface area contributed by atoms with Crippen molar-refractivity contribution in [1.29, 1.82) is 0 Å². The number of hydrogen-bond acceptors (Lipinski definition) is 4. The molecule has 3 aromatic rings. The van der Waals surface area contributed by atoms with Crippen LogP contribution >= 0.6 is 0 Å². The third-order valence-corrected chi connectivity index (χ3v) is 5.20. The summed E-state index contributed by atoms with van der Waals surface area (Å²) in [5.41, 5.74) is 10.4. The highest BCUT2D eigenvalue weighted by atomic mass is 16.5. The van der Waals surface area contributed by atoms with Gasteiger partial charge < -0.3 is 10.5 Å². The third kappa shape index (κ3) is 3.76. The summed E-state index contributed by atoms with van der Waals surface area (Å²) in [6, 6.07) is 17.6. The number of rotatable bonds is 4. The molecule has 0 aliphatic heterocycles. The second-order valence-electron chi connectivity index (χ2n) is 7.21. The van der Waals surface area contributed by atoms with Gasteiger partial charge in [-0.3, -0.25) is 4.79 Å². The number of benzene rings is 2. The Morgan fingerprint density at radius 2 is 1.79 bits per heavy atom. The number of primary amides is 1. The highest BCUT2D eigenvalue weighted by Crippen LogP contribution is 2.36. The third-order valence-electron chi connectivity index (χ3n) is 5.20. The highest BCUT2D eigenvalue weighted by molar-refractivity contribution is 6.07. The minimum Gasteiger partial charge on any atom is -0.449 e. The van der Waals surface area contributed by atoms with Gasteiger partial charge in [-0.15, -0.1) is 0 Å². The van der Waals surface area contributed by atoms with Crippen LogP contribution in [0.25, 0.3) is 22.6 Å². The van der Waals surface area contributed by atoms with Crippen molar-refractivity contribution in [2.75, 3.05) is 0 Å². The Bertz CT molecular complexity index is 1120. The van der Waals surface area contributed by atoms with Crippen LogP contribution in [-0.2, 0) is 16.0 Å². The van der Waals surface area contributed by atoms with Crippen LogP contribution < -0.4 is 5.73 Å². The number of ether oxygens (including phenoxy) is 1. The van der Waals surface area contributed by atoms with Crippen molar-refractivity contribution in [3.8, 4) is 0 Å². The molecule has 0 spiro atoms. The summed E-state index contributed by atoms with van der Waals surface area (Å²) in [6.45, 7) is 1.48. The Morgan fingerprint density at radius 1 is 1.07 bits per heavy atom. The van der Waals surface area contributed by atoms with E-state index in [2.05, 4.69) is 6.08 Å². The molecule has 0 radical (unpaired) electrons. The van der Waals surface area contributed by atoms with Gasteiger partial charge in [-0.25, -0.2) is 9.78 Å². The number of nitrogens with two attached hydrogens (primary N) is 1. The minimum absolute atomic E-state index is 0.484. The monoisotopic (exact) mass is 386 g/mol. The van der Waals surface area contributed by atoms with Gasteiger partial charge in [-0.1, -0.05) is 48.5 Å². The van der Waals surface area contributed by atoms with Gasteiger partial charge in [-0.2, -0.15) is 0 Å². The van der Waals surface area contributed by atoms with Gasteiger partial charge in [0, 0.05) is 5.39 Å². The summed E-state index contributed by atoms with van der Waals surface area (Å²) in [7, 11) is 0. The number of esters is 1. The molecule has 0 fully saturated rings. The number of carbonyl (C=O) groups excluding carboxylic acids is 2. The Kier molecular flexibility index (Phi) is 5.12. The molecule has 0 unspecified atom stereocenters. The summed E-state index contributed by atoms with van der Waals surface area (Å²) < 4.78 is 5.36. The number of hydrogen-bond donors (Lipinski definition) is 1. The molecular weight excluding hydrogens is 364 g/mol. The average Bonchev–Trinajstić information content (AvgIpc) is 2.73. The summed E-state index contributed by atoms with van der Waals surface area (Å²) in [4.78, 5) is 29.3. The first-order valence-corrected chi connectivity index (χ1v) is 9.72. The van der Waals surface area contributed by atoms with Gasteiger partial charge in [0.1, 0.15) is 0 Å². The molecule has 0 saturated carbocycles. The summed E-state index contributed by atoms with van der Waals surface area (Å²) in [6.07, 6.45) is 3.67. The molecular formula is C24H22N2O3. The number of fused-ring (bicyclic) bond motifs is 2. The smallest absolute Gasteiger partial charge is 0.339 e. The number of pyridine rings is 1. The Morgan fingerprint density at radius 3 is 2.55 bits per heavy atom. The van der Waals surface area contributed by atoms with Gasteiger partial charge in [-0.05, 0) is 55.0 Å². The first kappa shape index (κ1) is 18.9. The second kappa shape index (κ2) is 7.87. The lowest BCUT2D eigenvalue weighted by Crippen LogP contribution is -2.31. The van der Waals surface area contributed by atoms with Crippen molar-refractivity contribution >= 4 is 34.4 Å². The highest BCUT2D eigenvalue weighted by Gasteiger charge is 2.27. The van der Waals surface area contributed by atoms with E-state index in [-0.39, 0.29) is 0 Å². The number of aromatic nitrogens is 1. The van der Waals surface area contributed by atoms with Crippen molar-refractivity contribution in [3.63, 3.8) is 0 Å². The van der Waals surface area contributed by atoms with Crippen LogP contribution in [0, 0.1) is 0 Å². The number of nitrogens with zero attached hydrogens (tertiary/aromatic N) is 1. The van der Waals surface area contributed by atoms with E-state index in [1.807, 2.05) is 54.6 Å². The Labute approximate surface area is 169 Å². The summed E-state index contributed by atoms with van der Waals surface area (Å²) >= 11 is 0. The zero-order valence-corrected chi connectivity index (χ0v) is 16.2. The van der Waals surface area contributed by atoms with E-state index in [0.717, 1.165) is 52.6 Å². The van der Waals surface area contributed by atoms with Crippen molar-refractivity contribution in [1.82, 2.24) is 4.98 Å². The molecule has 0 saturated heterocycles. The Balaban J connectivity index is 1.89. The van der Waals surface area contributed by atoms with E-state index in [0.29, 0.717) is 5.56 Å². The molecule has 2 aromatic carbocycles. The zero-order valence-electron chi connectivity index (χ0n) is 16.2. The van der Waals surface area contributed by atoms with Gasteiger partial charge in [0.2, 0.25) is 0 Å². The van der Waals surface area contributed by atoms with E-state index in [1.165, 1.54) is 6.92 Å². The maximum Gasteiger partial charge on any atom is 0.339 e. The average molecular weight is 386 g/mol. The number of carbonyl (C=O) groups is 2. The molecule has 1 aliphatic carbocycles. The molecule has 0 bridgehead atoms. The lowest BCUT2D eigenvalue weighted by molar-refractivity contribution is -0.125. The van der Waals surface area contributed by atoms with Crippen LogP contribution in [0.3, 0.4) is 0 Å². The van der Waals surface area contributed by atoms with Gasteiger partial charge in [0.05, 0.1) is 16.8 Å². The quantitative estimate of drug-likeness (QED) is 0.683. The standard InChI is InChI=1S/C24H22N2O3/c1-15(23(25)27)29-24(28)21-18-11-5-6-13-20(18)26-22-17(10-7-12-19(21)22)14-16-8-3-2-4-9-16/h2-6,8-9,11,13-15H,7,10,12H2,1H3,(H2,25,27)/b17-14-/t15-/m0/s1. The topological polar surface area (TPSA) is 82.3 Å². The Hall–Kier alpha value is -3.47. The molecule has 1 heterocycles. The molecule has 5 heteroatoms. The molecule has 5 nitrogen and oxygen atoms in total. The maximum atomic E-state index is 13.0. The van der Waals surface area contributed by atoms with Crippen LogP contribution in [0.5, 0.6) is 0 Å². The molecule has 1 amide bonds. The normalized spacial score (nSPS) is 15.7. The molecule has 2 N–H and O–H groups in total. The molecule has 1 aliphatic rings. The molecule has 4 rings (SSSR count). The number of amides is 1. The summed E-state index contributed by atoms with van der Waals surface area (Å²) in [5.74, 6) is -1.21. The molecule has 146 valence electrons. The molecule has 1 atom stereocenters. The predicted molar refractivity (Wildman–Crippen MR) is 113 cm³/mol.